The second-order valence-corrected chi connectivity index (χ2v) is 6.80. The fourth-order valence-electron chi connectivity index (χ4n) is 3.06. The maximum Gasteiger partial charge on any atom is 0.279 e. The van der Waals surface area contributed by atoms with Crippen LogP contribution in [0.5, 0.6) is 0 Å². The zero-order chi connectivity index (χ0) is 19.6. The normalized spacial score (nSPS) is 11.1. The molecular formula is C21H22FN3O2. The number of aromatic nitrogens is 2. The molecule has 0 atom stereocenters. The molecule has 0 aliphatic heterocycles. The smallest absolute Gasteiger partial charge is 0.279 e. The highest BCUT2D eigenvalue weighted by molar-refractivity contribution is 6.12. The summed E-state index contributed by atoms with van der Waals surface area (Å²) >= 11 is 0. The van der Waals surface area contributed by atoms with Gasteiger partial charge in [-0.15, -0.1) is 0 Å². The fourth-order valence-corrected chi connectivity index (χ4v) is 3.06. The van der Waals surface area contributed by atoms with Gasteiger partial charge in [0.1, 0.15) is 5.82 Å². The van der Waals surface area contributed by atoms with E-state index in [1.165, 1.54) is 21.7 Å². The molecule has 1 amide bonds. The molecule has 2 aromatic carbocycles. The molecule has 6 heteroatoms. The molecule has 0 saturated carbocycles. The number of hydrogen-bond donors (Lipinski definition) is 0. The zero-order valence-corrected chi connectivity index (χ0v) is 15.6. The van der Waals surface area contributed by atoms with E-state index in [1.54, 1.807) is 36.4 Å². The molecule has 1 aromatic heterocycles. The van der Waals surface area contributed by atoms with Gasteiger partial charge in [-0.3, -0.25) is 9.59 Å². The van der Waals surface area contributed by atoms with Crippen LogP contribution in [0.2, 0.25) is 0 Å². The highest BCUT2D eigenvalue weighted by Crippen LogP contribution is 2.21. The highest BCUT2D eigenvalue weighted by atomic mass is 19.1. The molecule has 27 heavy (non-hydrogen) atoms. The Morgan fingerprint density at radius 1 is 1.11 bits per heavy atom. The average Bonchev–Trinajstić information content (AvgIpc) is 2.65. The average molecular weight is 367 g/mol. The first kappa shape index (κ1) is 18.8. The predicted molar refractivity (Wildman–Crippen MR) is 105 cm³/mol. The molecule has 0 fully saturated rings. The lowest BCUT2D eigenvalue weighted by Crippen LogP contribution is -2.35. The van der Waals surface area contributed by atoms with E-state index in [0.29, 0.717) is 29.5 Å². The predicted octanol–water partition coefficient (Wildman–Crippen LogP) is 3.86. The Bertz CT molecular complexity index is 1030. The van der Waals surface area contributed by atoms with Gasteiger partial charge in [0.25, 0.3) is 11.5 Å². The Labute approximate surface area is 157 Å². The Morgan fingerprint density at radius 3 is 2.33 bits per heavy atom. The Balaban J connectivity index is 2.16. The van der Waals surface area contributed by atoms with Crippen molar-refractivity contribution in [1.82, 2.24) is 9.78 Å². The molecule has 0 aliphatic rings. The molecule has 140 valence electrons. The van der Waals surface area contributed by atoms with Gasteiger partial charge in [0, 0.05) is 24.2 Å². The summed E-state index contributed by atoms with van der Waals surface area (Å²) in [6.07, 6.45) is 0. The minimum atomic E-state index is -0.365. The van der Waals surface area contributed by atoms with Crippen molar-refractivity contribution in [3.8, 4) is 0 Å². The third-order valence-electron chi connectivity index (χ3n) is 4.31. The SMILES string of the molecule is CCN(C(=O)c1nn(CC(C)C)c(=O)c2ccccc12)c1ccc(F)cc1. The third kappa shape index (κ3) is 3.74. The van der Waals surface area contributed by atoms with Crippen molar-refractivity contribution in [2.45, 2.75) is 27.3 Å². The molecule has 0 spiro atoms. The first-order valence-corrected chi connectivity index (χ1v) is 8.99. The number of nitrogens with zero attached hydrogens (tertiary/aromatic N) is 3. The van der Waals surface area contributed by atoms with Crippen LogP contribution in [0.4, 0.5) is 10.1 Å². The number of anilines is 1. The summed E-state index contributed by atoms with van der Waals surface area (Å²) in [4.78, 5) is 27.5. The van der Waals surface area contributed by atoms with Crippen molar-refractivity contribution in [1.29, 1.82) is 0 Å². The number of fused-ring (bicyclic) bond motifs is 1. The van der Waals surface area contributed by atoms with Crippen molar-refractivity contribution >= 4 is 22.4 Å². The Kier molecular flexibility index (Phi) is 5.35. The molecule has 5 nitrogen and oxygen atoms in total. The summed E-state index contributed by atoms with van der Waals surface area (Å²) in [7, 11) is 0. The van der Waals surface area contributed by atoms with Crippen LogP contribution in [0.15, 0.2) is 53.3 Å². The van der Waals surface area contributed by atoms with Crippen LogP contribution >= 0.6 is 0 Å². The topological polar surface area (TPSA) is 55.2 Å². The van der Waals surface area contributed by atoms with E-state index in [-0.39, 0.29) is 28.9 Å². The molecular weight excluding hydrogens is 345 g/mol. The number of benzene rings is 2. The van der Waals surface area contributed by atoms with Crippen LogP contribution in [0, 0.1) is 11.7 Å². The quantitative estimate of drug-likeness (QED) is 0.688. The summed E-state index contributed by atoms with van der Waals surface area (Å²) in [5, 5.41) is 5.38. The van der Waals surface area contributed by atoms with E-state index in [1.807, 2.05) is 20.8 Å². The van der Waals surface area contributed by atoms with Crippen LogP contribution in [-0.4, -0.2) is 22.2 Å². The van der Waals surface area contributed by atoms with Gasteiger partial charge in [0.15, 0.2) is 5.69 Å². The van der Waals surface area contributed by atoms with Gasteiger partial charge in [-0.2, -0.15) is 5.10 Å². The summed E-state index contributed by atoms with van der Waals surface area (Å²) < 4.78 is 14.6. The van der Waals surface area contributed by atoms with E-state index in [2.05, 4.69) is 5.10 Å². The van der Waals surface area contributed by atoms with Crippen LogP contribution in [-0.2, 0) is 6.54 Å². The third-order valence-corrected chi connectivity index (χ3v) is 4.31. The lowest BCUT2D eigenvalue weighted by Gasteiger charge is -2.22. The fraction of sp³-hybridized carbons (Fsp3) is 0.286. The summed E-state index contributed by atoms with van der Waals surface area (Å²) in [5.41, 5.74) is 0.592. The second kappa shape index (κ2) is 7.70. The lowest BCUT2D eigenvalue weighted by molar-refractivity contribution is 0.0982. The Morgan fingerprint density at radius 2 is 1.74 bits per heavy atom. The van der Waals surface area contributed by atoms with E-state index in [9.17, 15) is 14.0 Å². The monoisotopic (exact) mass is 367 g/mol. The standard InChI is InChI=1S/C21H22FN3O2/c1-4-24(16-11-9-15(22)10-12-16)21(27)19-17-7-5-6-8-18(17)20(26)25(23-19)13-14(2)3/h5-12,14H,4,13H2,1-3H3. The van der Waals surface area contributed by atoms with Gasteiger partial charge in [-0.05, 0) is 43.2 Å². The maximum absolute atomic E-state index is 13.3. The largest absolute Gasteiger partial charge is 0.307 e. The van der Waals surface area contributed by atoms with Crippen molar-refractivity contribution in [2.24, 2.45) is 5.92 Å². The number of halogens is 1. The molecule has 0 bridgehead atoms. The van der Waals surface area contributed by atoms with Gasteiger partial charge in [0.2, 0.25) is 0 Å². The maximum atomic E-state index is 13.3. The first-order valence-electron chi connectivity index (χ1n) is 8.99. The van der Waals surface area contributed by atoms with Crippen molar-refractivity contribution < 1.29 is 9.18 Å². The zero-order valence-electron chi connectivity index (χ0n) is 15.6. The van der Waals surface area contributed by atoms with Crippen LogP contribution in [0.3, 0.4) is 0 Å². The molecule has 0 unspecified atom stereocenters. The molecule has 0 N–H and O–H groups in total. The molecule has 0 radical (unpaired) electrons. The van der Waals surface area contributed by atoms with E-state index in [4.69, 9.17) is 0 Å². The van der Waals surface area contributed by atoms with E-state index >= 15 is 0 Å². The molecule has 3 aromatic rings. The number of carbonyl (C=O) groups is 1. The van der Waals surface area contributed by atoms with Crippen LogP contribution in [0.1, 0.15) is 31.3 Å². The number of rotatable bonds is 5. The summed E-state index contributed by atoms with van der Waals surface area (Å²) in [6.45, 7) is 6.63. The summed E-state index contributed by atoms with van der Waals surface area (Å²) in [5.74, 6) is -0.479. The van der Waals surface area contributed by atoms with E-state index in [0.717, 1.165) is 0 Å². The first-order chi connectivity index (χ1) is 12.9. The van der Waals surface area contributed by atoms with Crippen molar-refractivity contribution in [3.05, 3.63) is 70.4 Å². The number of hydrogen-bond acceptors (Lipinski definition) is 3. The summed E-state index contributed by atoms with van der Waals surface area (Å²) in [6, 6.07) is 12.7. The minimum Gasteiger partial charge on any atom is -0.307 e. The van der Waals surface area contributed by atoms with Crippen LogP contribution < -0.4 is 10.5 Å². The Hall–Kier alpha value is -3.02. The molecule has 3 rings (SSSR count). The second-order valence-electron chi connectivity index (χ2n) is 6.80. The number of carbonyl (C=O) groups excluding carboxylic acids is 1. The lowest BCUT2D eigenvalue weighted by atomic mass is 10.1. The van der Waals surface area contributed by atoms with Crippen molar-refractivity contribution in [2.75, 3.05) is 11.4 Å². The van der Waals surface area contributed by atoms with Gasteiger partial charge < -0.3 is 4.90 Å². The number of amides is 1. The highest BCUT2D eigenvalue weighted by Gasteiger charge is 2.22. The molecule has 0 aliphatic carbocycles. The molecule has 1 heterocycles. The van der Waals surface area contributed by atoms with E-state index < -0.39 is 0 Å². The molecule has 0 saturated heterocycles. The van der Waals surface area contributed by atoms with Gasteiger partial charge >= 0.3 is 0 Å². The van der Waals surface area contributed by atoms with Crippen molar-refractivity contribution in [3.63, 3.8) is 0 Å². The van der Waals surface area contributed by atoms with Crippen LogP contribution in [0.25, 0.3) is 10.8 Å². The van der Waals surface area contributed by atoms with Gasteiger partial charge in [-0.1, -0.05) is 32.0 Å². The van der Waals surface area contributed by atoms with Gasteiger partial charge in [0.05, 0.1) is 5.39 Å². The minimum absolute atomic E-state index is 0.207. The van der Waals surface area contributed by atoms with Gasteiger partial charge in [-0.25, -0.2) is 9.07 Å².